The van der Waals surface area contributed by atoms with Gasteiger partial charge in [0.05, 0.1) is 19.3 Å². The molecule has 2 atom stereocenters. The third-order valence-corrected chi connectivity index (χ3v) is 5.66. The predicted molar refractivity (Wildman–Crippen MR) is 128 cm³/mol. The van der Waals surface area contributed by atoms with Crippen molar-refractivity contribution < 1.29 is 24.1 Å². The Labute approximate surface area is 200 Å². The number of hydrogen-bond donors (Lipinski definition) is 3. The molecule has 3 rings (SSSR count). The molecule has 8 nitrogen and oxygen atoms in total. The lowest BCUT2D eigenvalue weighted by Gasteiger charge is -2.28. The number of hydrogen-bond acceptors (Lipinski definition) is 8. The molecule has 1 aliphatic heterocycles. The highest BCUT2D eigenvalue weighted by atomic mass is 16.5. The first kappa shape index (κ1) is 25.7. The highest BCUT2D eigenvalue weighted by molar-refractivity contribution is 6.00. The highest BCUT2D eigenvalue weighted by Gasteiger charge is 2.24. The number of ketones is 1. The van der Waals surface area contributed by atoms with Gasteiger partial charge in [-0.25, -0.2) is 0 Å². The molecule has 0 amide bonds. The van der Waals surface area contributed by atoms with Crippen molar-refractivity contribution in [3.8, 4) is 17.6 Å². The van der Waals surface area contributed by atoms with Crippen molar-refractivity contribution in [3.05, 3.63) is 59.2 Å². The number of aliphatic hydroxyl groups excluding tert-OH is 1. The maximum Gasteiger partial charge on any atom is 0.192 e. The number of methoxy groups -OCH3 is 1. The van der Waals surface area contributed by atoms with Gasteiger partial charge in [-0.2, -0.15) is 5.26 Å². The van der Waals surface area contributed by atoms with E-state index in [-0.39, 0.29) is 23.5 Å². The van der Waals surface area contributed by atoms with E-state index in [1.807, 2.05) is 24.3 Å². The van der Waals surface area contributed by atoms with Crippen molar-refractivity contribution in [2.24, 2.45) is 0 Å². The zero-order valence-electron chi connectivity index (χ0n) is 20.0. The molecule has 34 heavy (non-hydrogen) atoms. The molecule has 1 saturated heterocycles. The molecule has 182 valence electrons. The van der Waals surface area contributed by atoms with E-state index in [1.165, 1.54) is 6.07 Å². The van der Waals surface area contributed by atoms with Gasteiger partial charge in [-0.1, -0.05) is 12.1 Å². The average molecular weight is 468 g/mol. The number of morpholine rings is 1. The van der Waals surface area contributed by atoms with E-state index < -0.39 is 12.2 Å². The Hall–Kier alpha value is -2.96. The summed E-state index contributed by atoms with van der Waals surface area (Å²) in [5.74, 6) is 0.979. The maximum atomic E-state index is 12.6. The average Bonchev–Trinajstić information content (AvgIpc) is 2.86. The summed E-state index contributed by atoms with van der Waals surface area (Å²) in [6, 6.07) is 14.7. The summed E-state index contributed by atoms with van der Waals surface area (Å²) in [6.45, 7) is 6.13. The second kappa shape index (κ2) is 12.0. The number of Topliss-reactive ketones (excluding diaryl/α,β-unsaturated/α-hetero) is 1. The van der Waals surface area contributed by atoms with Crippen LogP contribution in [0.15, 0.2) is 42.5 Å². The lowest BCUT2D eigenvalue weighted by Crippen LogP contribution is -2.46. The summed E-state index contributed by atoms with van der Waals surface area (Å²) < 4.78 is 16.4. The van der Waals surface area contributed by atoms with E-state index in [9.17, 15) is 15.2 Å². The van der Waals surface area contributed by atoms with Gasteiger partial charge in [0, 0.05) is 30.7 Å². The zero-order chi connectivity index (χ0) is 24.6. The van der Waals surface area contributed by atoms with Crippen LogP contribution in [0.2, 0.25) is 0 Å². The maximum absolute atomic E-state index is 12.6. The second-order valence-electron chi connectivity index (χ2n) is 9.01. The quantitative estimate of drug-likeness (QED) is 0.431. The molecule has 2 aromatic carbocycles. The molecule has 1 aliphatic rings. The molecule has 0 saturated carbocycles. The first-order valence-electron chi connectivity index (χ1n) is 11.4. The molecule has 0 bridgehead atoms. The summed E-state index contributed by atoms with van der Waals surface area (Å²) in [5, 5.41) is 26.4. The molecular weight excluding hydrogens is 434 g/mol. The van der Waals surface area contributed by atoms with E-state index in [0.717, 1.165) is 24.3 Å². The van der Waals surface area contributed by atoms with Crippen LogP contribution in [-0.2, 0) is 11.2 Å². The Morgan fingerprint density at radius 2 is 2.09 bits per heavy atom. The third-order valence-electron chi connectivity index (χ3n) is 5.66. The number of carbonyl (C=O) groups is 1. The molecule has 0 radical (unpaired) electrons. The first-order valence-corrected chi connectivity index (χ1v) is 11.4. The van der Waals surface area contributed by atoms with Crippen LogP contribution in [0.4, 0.5) is 0 Å². The fraction of sp³-hybridized carbons (Fsp3) is 0.462. The van der Waals surface area contributed by atoms with E-state index in [1.54, 1.807) is 19.2 Å². The Bertz CT molecular complexity index is 994. The number of rotatable bonds is 11. The number of carbonyl (C=O) groups excluding carboxylic acids is 1. The lowest BCUT2D eigenvalue weighted by atomic mass is 9.94. The van der Waals surface area contributed by atoms with Crippen LogP contribution in [0.25, 0.3) is 0 Å². The van der Waals surface area contributed by atoms with Crippen LogP contribution >= 0.6 is 0 Å². The van der Waals surface area contributed by atoms with Crippen molar-refractivity contribution in [3.63, 3.8) is 0 Å². The monoisotopic (exact) mass is 467 g/mol. The van der Waals surface area contributed by atoms with Crippen molar-refractivity contribution >= 4 is 5.78 Å². The molecule has 1 heterocycles. The topological polar surface area (TPSA) is 113 Å². The zero-order valence-corrected chi connectivity index (χ0v) is 20.0. The van der Waals surface area contributed by atoms with Gasteiger partial charge in [0.1, 0.15) is 36.4 Å². The number of benzene rings is 2. The van der Waals surface area contributed by atoms with Gasteiger partial charge < -0.3 is 30.0 Å². The molecular formula is C26H33N3O5. The summed E-state index contributed by atoms with van der Waals surface area (Å²) in [6.07, 6.45) is -0.551. The summed E-state index contributed by atoms with van der Waals surface area (Å²) in [4.78, 5) is 12.6. The number of nitrogens with zero attached hydrogens (tertiary/aromatic N) is 1. The first-order chi connectivity index (χ1) is 16.3. The van der Waals surface area contributed by atoms with Crippen molar-refractivity contribution in [1.29, 1.82) is 5.26 Å². The minimum Gasteiger partial charge on any atom is -0.497 e. The molecule has 8 heteroatoms. The van der Waals surface area contributed by atoms with Crippen molar-refractivity contribution in [2.75, 3.05) is 40.0 Å². The van der Waals surface area contributed by atoms with Crippen LogP contribution < -0.4 is 20.1 Å². The Balaban J connectivity index is 1.50. The number of ether oxygens (including phenoxy) is 3. The minimum absolute atomic E-state index is 0.0171. The molecule has 3 N–H and O–H groups in total. The van der Waals surface area contributed by atoms with Gasteiger partial charge in [0.2, 0.25) is 0 Å². The summed E-state index contributed by atoms with van der Waals surface area (Å²) in [7, 11) is 1.64. The number of nitriles is 1. The molecule has 2 aromatic rings. The Morgan fingerprint density at radius 1 is 1.32 bits per heavy atom. The smallest absolute Gasteiger partial charge is 0.192 e. The SMILES string of the molecule is COc1ccc(CC(C)(C)NC[C@@H](O)COc2ccc(C(=O)C3CNCCO3)cc2C#N)cc1. The van der Waals surface area contributed by atoms with Crippen molar-refractivity contribution in [1.82, 2.24) is 10.6 Å². The Kier molecular flexibility index (Phi) is 9.02. The summed E-state index contributed by atoms with van der Waals surface area (Å²) >= 11 is 0. The standard InChI is InChI=1S/C26H33N3O5/c1-26(2,13-18-4-7-22(32-3)8-5-18)29-15-21(30)17-34-23-9-6-19(12-20(23)14-27)25(31)24-16-28-10-11-33-24/h4-9,12,21,24,28-30H,10-11,13,15-17H2,1-3H3/t21-,24?/m1/s1. The number of nitrogens with one attached hydrogen (secondary N) is 2. The van der Waals surface area contributed by atoms with Crippen LogP contribution in [0.1, 0.15) is 35.3 Å². The van der Waals surface area contributed by atoms with Gasteiger partial charge in [-0.15, -0.1) is 0 Å². The van der Waals surface area contributed by atoms with Crippen LogP contribution in [0, 0.1) is 11.3 Å². The van der Waals surface area contributed by atoms with Gasteiger partial charge in [0.15, 0.2) is 5.78 Å². The van der Waals surface area contributed by atoms with E-state index in [2.05, 4.69) is 30.6 Å². The summed E-state index contributed by atoms with van der Waals surface area (Å²) in [5.41, 5.74) is 1.56. The Morgan fingerprint density at radius 3 is 2.74 bits per heavy atom. The second-order valence-corrected chi connectivity index (χ2v) is 9.01. The lowest BCUT2D eigenvalue weighted by molar-refractivity contribution is 0.0269. The molecule has 1 fully saturated rings. The van der Waals surface area contributed by atoms with E-state index >= 15 is 0 Å². The van der Waals surface area contributed by atoms with Gasteiger partial charge >= 0.3 is 0 Å². The van der Waals surface area contributed by atoms with Crippen LogP contribution in [-0.4, -0.2) is 68.6 Å². The molecule has 0 aliphatic carbocycles. The van der Waals surface area contributed by atoms with Crippen molar-refractivity contribution in [2.45, 2.75) is 38.0 Å². The highest BCUT2D eigenvalue weighted by Crippen LogP contribution is 2.22. The van der Waals surface area contributed by atoms with E-state index in [4.69, 9.17) is 14.2 Å². The number of β-amino-alcohol motifs (C(OH)–C–C–N with tert-alkyl or cyclic N) is 1. The predicted octanol–water partition coefficient (Wildman–Crippen LogP) is 2.09. The van der Waals surface area contributed by atoms with Crippen LogP contribution in [0.3, 0.4) is 0 Å². The largest absolute Gasteiger partial charge is 0.497 e. The van der Waals surface area contributed by atoms with Gasteiger partial charge in [0.25, 0.3) is 0 Å². The molecule has 0 spiro atoms. The fourth-order valence-corrected chi connectivity index (χ4v) is 3.77. The van der Waals surface area contributed by atoms with Crippen LogP contribution in [0.5, 0.6) is 11.5 Å². The number of aliphatic hydroxyl groups is 1. The molecule has 1 unspecified atom stereocenters. The van der Waals surface area contributed by atoms with Gasteiger partial charge in [-0.3, -0.25) is 4.79 Å². The normalized spacial score (nSPS) is 17.0. The third kappa shape index (κ3) is 7.27. The van der Waals surface area contributed by atoms with Gasteiger partial charge in [-0.05, 0) is 56.2 Å². The fourth-order valence-electron chi connectivity index (χ4n) is 3.77. The minimum atomic E-state index is -0.773. The molecule has 0 aromatic heterocycles. The van der Waals surface area contributed by atoms with E-state index in [0.29, 0.717) is 31.0 Å².